The second kappa shape index (κ2) is 6.28. The van der Waals surface area contributed by atoms with Gasteiger partial charge in [-0.2, -0.15) is 0 Å². The molecule has 0 bridgehead atoms. The predicted octanol–water partition coefficient (Wildman–Crippen LogP) is 3.77. The molecule has 0 radical (unpaired) electrons. The molecule has 0 spiro atoms. The van der Waals surface area contributed by atoms with E-state index >= 15 is 0 Å². The topological polar surface area (TPSA) is 28.6 Å². The molecule has 3 aromatic rings. The number of fused-ring (bicyclic) bond motifs is 1. The minimum atomic E-state index is -0.313. The maximum absolute atomic E-state index is 13.9. The van der Waals surface area contributed by atoms with Crippen LogP contribution in [0.2, 0.25) is 0 Å². The average Bonchev–Trinajstić information content (AvgIpc) is 3.10. The van der Waals surface area contributed by atoms with E-state index in [-0.39, 0.29) is 11.6 Å². The Morgan fingerprint density at radius 3 is 2.62 bits per heavy atom. The van der Waals surface area contributed by atoms with Gasteiger partial charge in [0.15, 0.2) is 11.6 Å². The second-order valence-electron chi connectivity index (χ2n) is 5.76. The minimum Gasteiger partial charge on any atom is -0.494 e. The molecule has 24 heavy (non-hydrogen) atoms. The van der Waals surface area contributed by atoms with Crippen molar-refractivity contribution in [3.8, 4) is 5.75 Å². The van der Waals surface area contributed by atoms with Crippen molar-refractivity contribution in [2.24, 2.45) is 0 Å². The molecule has 6 heteroatoms. The molecule has 0 aliphatic carbocycles. The largest absolute Gasteiger partial charge is 0.494 e. The van der Waals surface area contributed by atoms with E-state index in [1.807, 2.05) is 12.3 Å². The standard InChI is InChI=1S/C18H18FN3OS/c1-23-17-3-2-13(12-14(17)19)21-7-9-22(10-8-21)16-4-6-20-15-5-11-24-18(15)16/h2-6,11-12H,7-10H2,1H3. The highest BCUT2D eigenvalue weighted by atomic mass is 32.1. The van der Waals surface area contributed by atoms with Gasteiger partial charge in [-0.25, -0.2) is 4.39 Å². The van der Waals surface area contributed by atoms with Gasteiger partial charge in [-0.15, -0.1) is 11.3 Å². The van der Waals surface area contributed by atoms with Crippen LogP contribution >= 0.6 is 11.3 Å². The first-order chi connectivity index (χ1) is 11.8. The number of rotatable bonds is 3. The summed E-state index contributed by atoms with van der Waals surface area (Å²) in [5.41, 5.74) is 3.21. The summed E-state index contributed by atoms with van der Waals surface area (Å²) in [6.07, 6.45) is 1.87. The number of aromatic nitrogens is 1. The molecular formula is C18H18FN3OS. The molecule has 2 aromatic heterocycles. The number of hydrogen-bond acceptors (Lipinski definition) is 5. The van der Waals surface area contributed by atoms with Crippen molar-refractivity contribution in [3.63, 3.8) is 0 Å². The Kier molecular flexibility index (Phi) is 3.98. The molecule has 1 saturated heterocycles. The van der Waals surface area contributed by atoms with E-state index in [1.54, 1.807) is 23.5 Å². The fourth-order valence-corrected chi connectivity index (χ4v) is 4.06. The van der Waals surface area contributed by atoms with E-state index in [4.69, 9.17) is 4.74 Å². The molecule has 1 aromatic carbocycles. The summed E-state index contributed by atoms with van der Waals surface area (Å²) in [5.74, 6) is -0.0267. The van der Waals surface area contributed by atoms with Gasteiger partial charge in [-0.05, 0) is 29.6 Å². The smallest absolute Gasteiger partial charge is 0.167 e. The number of anilines is 2. The van der Waals surface area contributed by atoms with Crippen LogP contribution in [-0.2, 0) is 0 Å². The Labute approximate surface area is 144 Å². The number of piperazine rings is 1. The maximum atomic E-state index is 13.9. The number of thiophene rings is 1. The number of benzene rings is 1. The summed E-state index contributed by atoms with van der Waals surface area (Å²) < 4.78 is 20.1. The van der Waals surface area contributed by atoms with E-state index in [1.165, 1.54) is 17.5 Å². The summed E-state index contributed by atoms with van der Waals surface area (Å²) in [5, 5.41) is 2.08. The Morgan fingerprint density at radius 1 is 1.08 bits per heavy atom. The summed E-state index contributed by atoms with van der Waals surface area (Å²) >= 11 is 1.73. The first-order valence-electron chi connectivity index (χ1n) is 7.92. The van der Waals surface area contributed by atoms with Gasteiger partial charge in [-0.3, -0.25) is 4.98 Å². The van der Waals surface area contributed by atoms with Crippen LogP contribution in [0.4, 0.5) is 15.8 Å². The molecule has 1 aliphatic rings. The van der Waals surface area contributed by atoms with E-state index in [9.17, 15) is 4.39 Å². The number of nitrogens with zero attached hydrogens (tertiary/aromatic N) is 3. The number of methoxy groups -OCH3 is 1. The van der Waals surface area contributed by atoms with E-state index in [0.717, 1.165) is 37.4 Å². The number of pyridine rings is 1. The zero-order valence-corrected chi connectivity index (χ0v) is 14.2. The minimum absolute atomic E-state index is 0.286. The Morgan fingerprint density at radius 2 is 1.88 bits per heavy atom. The summed E-state index contributed by atoms with van der Waals surface area (Å²) in [6, 6.07) is 9.30. The van der Waals surface area contributed by atoms with Crippen molar-refractivity contribution in [2.75, 3.05) is 43.1 Å². The molecule has 4 rings (SSSR count). The zero-order chi connectivity index (χ0) is 16.5. The van der Waals surface area contributed by atoms with Crippen molar-refractivity contribution in [2.45, 2.75) is 0 Å². The lowest BCUT2D eigenvalue weighted by molar-refractivity contribution is 0.386. The molecule has 0 amide bonds. The third-order valence-electron chi connectivity index (χ3n) is 4.44. The van der Waals surface area contributed by atoms with Crippen LogP contribution in [0.15, 0.2) is 41.9 Å². The third-order valence-corrected chi connectivity index (χ3v) is 5.37. The van der Waals surface area contributed by atoms with Crippen molar-refractivity contribution in [1.29, 1.82) is 0 Å². The van der Waals surface area contributed by atoms with Crippen molar-refractivity contribution >= 4 is 32.9 Å². The van der Waals surface area contributed by atoms with Crippen molar-refractivity contribution in [1.82, 2.24) is 4.98 Å². The fourth-order valence-electron chi connectivity index (χ4n) is 3.17. The van der Waals surface area contributed by atoms with Crippen LogP contribution < -0.4 is 14.5 Å². The van der Waals surface area contributed by atoms with Crippen molar-refractivity contribution in [3.05, 3.63) is 47.7 Å². The van der Waals surface area contributed by atoms with Gasteiger partial charge in [0.1, 0.15) is 0 Å². The van der Waals surface area contributed by atoms with E-state index < -0.39 is 0 Å². The number of ether oxygens (including phenoxy) is 1. The molecule has 0 unspecified atom stereocenters. The van der Waals surface area contributed by atoms with Crippen LogP contribution in [0.1, 0.15) is 0 Å². The molecule has 0 atom stereocenters. The van der Waals surface area contributed by atoms with Crippen LogP contribution in [0.3, 0.4) is 0 Å². The van der Waals surface area contributed by atoms with Gasteiger partial charge < -0.3 is 14.5 Å². The van der Waals surface area contributed by atoms with Crippen LogP contribution in [0, 0.1) is 5.82 Å². The zero-order valence-electron chi connectivity index (χ0n) is 13.4. The number of hydrogen-bond donors (Lipinski definition) is 0. The first-order valence-corrected chi connectivity index (χ1v) is 8.80. The molecule has 1 fully saturated rings. The average molecular weight is 343 g/mol. The van der Waals surface area contributed by atoms with Crippen LogP contribution in [0.25, 0.3) is 10.2 Å². The van der Waals surface area contributed by atoms with Gasteiger partial charge in [0.2, 0.25) is 0 Å². The molecular weight excluding hydrogens is 325 g/mol. The molecule has 4 nitrogen and oxygen atoms in total. The molecule has 3 heterocycles. The van der Waals surface area contributed by atoms with E-state index in [2.05, 4.69) is 32.3 Å². The fraction of sp³-hybridized carbons (Fsp3) is 0.278. The molecule has 0 N–H and O–H groups in total. The Bertz CT molecular complexity index is 858. The van der Waals surface area contributed by atoms with Gasteiger partial charge in [0, 0.05) is 44.1 Å². The lowest BCUT2D eigenvalue weighted by Gasteiger charge is -2.37. The molecule has 124 valence electrons. The van der Waals surface area contributed by atoms with Gasteiger partial charge in [0.05, 0.1) is 23.0 Å². The quantitative estimate of drug-likeness (QED) is 0.724. The maximum Gasteiger partial charge on any atom is 0.167 e. The third kappa shape index (κ3) is 2.67. The van der Waals surface area contributed by atoms with Gasteiger partial charge >= 0.3 is 0 Å². The summed E-state index contributed by atoms with van der Waals surface area (Å²) in [6.45, 7) is 3.54. The van der Waals surface area contributed by atoms with Gasteiger partial charge in [0.25, 0.3) is 0 Å². The second-order valence-corrected chi connectivity index (χ2v) is 6.67. The predicted molar refractivity (Wildman–Crippen MR) is 97.0 cm³/mol. The van der Waals surface area contributed by atoms with Crippen LogP contribution in [0.5, 0.6) is 5.75 Å². The highest BCUT2D eigenvalue weighted by molar-refractivity contribution is 7.17. The highest BCUT2D eigenvalue weighted by Crippen LogP contribution is 2.31. The first kappa shape index (κ1) is 15.2. The summed E-state index contributed by atoms with van der Waals surface area (Å²) in [7, 11) is 1.48. The lowest BCUT2D eigenvalue weighted by Crippen LogP contribution is -2.46. The highest BCUT2D eigenvalue weighted by Gasteiger charge is 2.20. The number of halogens is 1. The Balaban J connectivity index is 1.51. The summed E-state index contributed by atoms with van der Waals surface area (Å²) in [4.78, 5) is 9.00. The lowest BCUT2D eigenvalue weighted by atomic mass is 10.2. The SMILES string of the molecule is COc1ccc(N2CCN(c3ccnc4ccsc34)CC2)cc1F. The monoisotopic (exact) mass is 343 g/mol. The molecule has 1 aliphatic heterocycles. The molecule has 0 saturated carbocycles. The van der Waals surface area contributed by atoms with E-state index in [0.29, 0.717) is 0 Å². The van der Waals surface area contributed by atoms with Crippen molar-refractivity contribution < 1.29 is 9.13 Å². The van der Waals surface area contributed by atoms with Gasteiger partial charge in [-0.1, -0.05) is 0 Å². The normalized spacial score (nSPS) is 15.1. The van der Waals surface area contributed by atoms with Crippen LogP contribution in [-0.4, -0.2) is 38.3 Å². The Hall–Kier alpha value is -2.34.